The molecule has 4 aliphatic rings. The van der Waals surface area contributed by atoms with E-state index in [0.29, 0.717) is 11.9 Å². The number of carbonyl (C=O) groups is 5. The molecule has 2 saturated carbocycles. The van der Waals surface area contributed by atoms with Crippen molar-refractivity contribution in [2.24, 2.45) is 28.6 Å². The maximum atomic E-state index is 14.2. The first kappa shape index (κ1) is 32.4. The van der Waals surface area contributed by atoms with Crippen LogP contribution in [0.15, 0.2) is 24.3 Å². The van der Waals surface area contributed by atoms with Crippen LogP contribution in [0.5, 0.6) is 0 Å². The lowest BCUT2D eigenvalue weighted by atomic mass is 9.85. The van der Waals surface area contributed by atoms with Crippen LogP contribution in [0.2, 0.25) is 0 Å². The van der Waals surface area contributed by atoms with Crippen molar-refractivity contribution in [2.75, 3.05) is 6.54 Å². The number of likely N-dealkylation sites (tertiary alicyclic amines) is 1. The Balaban J connectivity index is 1.28. The first-order valence-electron chi connectivity index (χ1n) is 15.5. The second kappa shape index (κ2) is 10.7. The van der Waals surface area contributed by atoms with Crippen molar-refractivity contribution in [3.05, 3.63) is 29.3 Å². The van der Waals surface area contributed by atoms with Gasteiger partial charge >= 0.3 is 12.1 Å². The molecule has 10 nitrogen and oxygen atoms in total. The van der Waals surface area contributed by atoms with E-state index in [2.05, 4.69) is 15.6 Å². The van der Waals surface area contributed by atoms with Crippen LogP contribution in [-0.4, -0.2) is 75.7 Å². The van der Waals surface area contributed by atoms with Gasteiger partial charge in [-0.25, -0.2) is 4.98 Å². The molecule has 14 heteroatoms. The number of hydrogen-bond donors (Lipinski definition) is 3. The summed E-state index contributed by atoms with van der Waals surface area (Å²) in [7, 11) is 0. The minimum atomic E-state index is -5.20. The smallest absolute Gasteiger partial charge is 0.350 e. The Morgan fingerprint density at radius 1 is 1.11 bits per heavy atom. The van der Waals surface area contributed by atoms with Gasteiger partial charge < -0.3 is 20.9 Å². The van der Waals surface area contributed by atoms with Crippen LogP contribution in [-0.2, 0) is 19.2 Å². The average molecular weight is 662 g/mol. The monoisotopic (exact) mass is 661 g/mol. The average Bonchev–Trinajstić information content (AvgIpc) is 3.54. The van der Waals surface area contributed by atoms with Crippen LogP contribution in [0.1, 0.15) is 70.1 Å². The van der Waals surface area contributed by atoms with E-state index in [4.69, 9.17) is 0 Å². The molecule has 0 radical (unpaired) electrons. The summed E-state index contributed by atoms with van der Waals surface area (Å²) in [5.74, 6) is -5.21. The number of nitrogens with zero attached hydrogens (tertiary/aromatic N) is 2. The Labute approximate surface area is 268 Å². The predicted octanol–water partition coefficient (Wildman–Crippen LogP) is 3.60. The van der Waals surface area contributed by atoms with Crippen molar-refractivity contribution in [3.8, 4) is 0 Å². The fourth-order valence-corrected chi connectivity index (χ4v) is 8.35. The molecule has 6 rings (SSSR count). The summed E-state index contributed by atoms with van der Waals surface area (Å²) in [4.78, 5) is 72.7. The predicted molar refractivity (Wildman–Crippen MR) is 162 cm³/mol. The molecule has 248 valence electrons. The molecule has 2 saturated heterocycles. The molecule has 0 unspecified atom stereocenters. The summed E-state index contributed by atoms with van der Waals surface area (Å²) in [5, 5.41) is 7.91. The van der Waals surface area contributed by atoms with E-state index in [-0.39, 0.29) is 46.7 Å². The first-order chi connectivity index (χ1) is 21.3. The number of piperidine rings is 1. The topological polar surface area (TPSA) is 138 Å². The number of para-hydroxylation sites is 1. The Bertz CT molecular complexity index is 1590. The molecule has 6 atom stereocenters. The SMILES string of the molecule is CC(C)(C)[C@H](NC(=O)C(F)(F)F)C(=O)N1C[C@H]2[C@@H]([C@H]1C(=O)N[C@@H](C[C@H]1CC3(CC3)NC1=O)C(=O)c1nc3ccccc3s1)C2(C)C. The van der Waals surface area contributed by atoms with Gasteiger partial charge in [0.2, 0.25) is 23.5 Å². The van der Waals surface area contributed by atoms with Gasteiger partial charge in [-0.3, -0.25) is 24.0 Å². The summed E-state index contributed by atoms with van der Waals surface area (Å²) < 4.78 is 40.5. The fourth-order valence-electron chi connectivity index (χ4n) is 7.39. The second-order valence-corrected chi connectivity index (χ2v) is 16.0. The van der Waals surface area contributed by atoms with E-state index in [1.54, 1.807) is 12.1 Å². The number of alkyl halides is 3. The third-order valence-electron chi connectivity index (χ3n) is 10.3. The van der Waals surface area contributed by atoms with Gasteiger partial charge in [0.15, 0.2) is 5.01 Å². The Hall–Kier alpha value is -3.55. The molecule has 1 spiro atoms. The summed E-state index contributed by atoms with van der Waals surface area (Å²) in [6, 6.07) is 3.46. The van der Waals surface area contributed by atoms with Crippen LogP contribution in [0, 0.1) is 28.6 Å². The van der Waals surface area contributed by atoms with Gasteiger partial charge in [-0.1, -0.05) is 46.8 Å². The maximum absolute atomic E-state index is 14.2. The minimum absolute atomic E-state index is 0.0402. The lowest BCUT2D eigenvalue weighted by Crippen LogP contribution is -2.61. The highest BCUT2D eigenvalue weighted by Crippen LogP contribution is 2.65. The molecule has 1 aromatic heterocycles. The van der Waals surface area contributed by atoms with Gasteiger partial charge in [0, 0.05) is 18.0 Å². The highest BCUT2D eigenvalue weighted by molar-refractivity contribution is 7.20. The number of rotatable bonds is 8. The number of nitrogens with one attached hydrogen (secondary N) is 3. The quantitative estimate of drug-likeness (QED) is 0.370. The zero-order chi connectivity index (χ0) is 33.6. The molecule has 4 amide bonds. The van der Waals surface area contributed by atoms with Crippen molar-refractivity contribution in [2.45, 2.75) is 90.1 Å². The molecule has 3 N–H and O–H groups in total. The lowest BCUT2D eigenvalue weighted by Gasteiger charge is -2.38. The van der Waals surface area contributed by atoms with E-state index in [9.17, 15) is 37.1 Å². The summed E-state index contributed by atoms with van der Waals surface area (Å²) >= 11 is 1.18. The van der Waals surface area contributed by atoms with Crippen molar-refractivity contribution >= 4 is 51.0 Å². The van der Waals surface area contributed by atoms with E-state index in [1.165, 1.54) is 37.0 Å². The Kier molecular flexibility index (Phi) is 7.57. The Morgan fingerprint density at radius 2 is 1.78 bits per heavy atom. The molecular formula is C32H38F3N5O5S. The number of thiazole rings is 1. The Morgan fingerprint density at radius 3 is 2.37 bits per heavy atom. The number of aromatic nitrogens is 1. The molecule has 3 heterocycles. The summed E-state index contributed by atoms with van der Waals surface area (Å²) in [6.07, 6.45) is -2.90. The van der Waals surface area contributed by atoms with Crippen LogP contribution < -0.4 is 16.0 Å². The number of fused-ring (bicyclic) bond motifs is 2. The normalized spacial score (nSPS) is 27.1. The highest BCUT2D eigenvalue weighted by atomic mass is 32.1. The zero-order valence-corrected chi connectivity index (χ0v) is 27.1. The summed E-state index contributed by atoms with van der Waals surface area (Å²) in [6.45, 7) is 8.64. The molecule has 1 aromatic carbocycles. The standard InChI is InChI=1S/C32H38F3N5O5S/c1-29(2,3)23(38-28(45)32(33,34)35)27(44)40-14-16-20(30(16,4)5)21(40)25(43)36-18(12-15-13-31(10-11-31)39-24(15)42)22(41)26-37-17-8-6-7-9-19(17)46-26/h6-9,15-16,18,20-21,23H,10-14H2,1-5H3,(H,36,43)(H,38,45)(H,39,42)/t15-,16-,18-,20-,21-,23+/m0/s1. The minimum Gasteiger partial charge on any atom is -0.350 e. The van der Waals surface area contributed by atoms with E-state index >= 15 is 0 Å². The number of hydrogen-bond acceptors (Lipinski definition) is 7. The third-order valence-corrected chi connectivity index (χ3v) is 11.4. The molecule has 0 bridgehead atoms. The molecule has 2 aliphatic heterocycles. The van der Waals surface area contributed by atoms with Gasteiger partial charge in [0.05, 0.1) is 16.3 Å². The number of ketones is 1. The van der Waals surface area contributed by atoms with Crippen LogP contribution in [0.3, 0.4) is 0 Å². The van der Waals surface area contributed by atoms with E-state index < -0.39 is 59.1 Å². The molecule has 2 aliphatic carbocycles. The maximum Gasteiger partial charge on any atom is 0.471 e. The van der Waals surface area contributed by atoms with Gasteiger partial charge in [-0.05, 0) is 60.5 Å². The first-order valence-corrected chi connectivity index (χ1v) is 16.3. The van der Waals surface area contributed by atoms with Gasteiger partial charge in [0.25, 0.3) is 0 Å². The summed E-state index contributed by atoms with van der Waals surface area (Å²) in [5.41, 5.74) is -1.07. The third kappa shape index (κ3) is 5.77. The van der Waals surface area contributed by atoms with Crippen molar-refractivity contribution in [3.63, 3.8) is 0 Å². The second-order valence-electron chi connectivity index (χ2n) is 15.0. The van der Waals surface area contributed by atoms with E-state index in [1.807, 2.05) is 31.3 Å². The number of halogens is 3. The van der Waals surface area contributed by atoms with Crippen LogP contribution in [0.25, 0.3) is 10.2 Å². The van der Waals surface area contributed by atoms with Crippen molar-refractivity contribution < 1.29 is 37.1 Å². The van der Waals surface area contributed by atoms with Gasteiger partial charge in [0.1, 0.15) is 12.1 Å². The zero-order valence-electron chi connectivity index (χ0n) is 26.3. The largest absolute Gasteiger partial charge is 0.471 e. The number of amides is 4. The van der Waals surface area contributed by atoms with Gasteiger partial charge in [-0.15, -0.1) is 11.3 Å². The van der Waals surface area contributed by atoms with Crippen LogP contribution >= 0.6 is 11.3 Å². The number of carbonyl (C=O) groups excluding carboxylic acids is 5. The molecule has 2 aromatic rings. The fraction of sp³-hybridized carbons (Fsp3) is 0.625. The highest BCUT2D eigenvalue weighted by Gasteiger charge is 2.70. The number of Topliss-reactive ketones (excluding diaryl/α,β-unsaturated/α-hetero) is 1. The lowest BCUT2D eigenvalue weighted by molar-refractivity contribution is -0.176. The molecule has 46 heavy (non-hydrogen) atoms. The van der Waals surface area contributed by atoms with Crippen molar-refractivity contribution in [1.82, 2.24) is 25.8 Å². The van der Waals surface area contributed by atoms with Crippen LogP contribution in [0.4, 0.5) is 13.2 Å². The molecular weight excluding hydrogens is 623 g/mol. The number of benzene rings is 1. The van der Waals surface area contributed by atoms with Crippen molar-refractivity contribution in [1.29, 1.82) is 0 Å². The molecule has 4 fully saturated rings. The van der Waals surface area contributed by atoms with E-state index in [0.717, 1.165) is 17.5 Å². The van der Waals surface area contributed by atoms with Gasteiger partial charge in [-0.2, -0.15) is 13.2 Å².